The molecule has 0 saturated carbocycles. The van der Waals surface area contributed by atoms with Crippen molar-refractivity contribution in [3.05, 3.63) is 71.0 Å². The van der Waals surface area contributed by atoms with E-state index in [0.29, 0.717) is 18.5 Å². The van der Waals surface area contributed by atoms with Crippen LogP contribution < -0.4 is 5.32 Å². The van der Waals surface area contributed by atoms with Gasteiger partial charge in [0.2, 0.25) is 0 Å². The van der Waals surface area contributed by atoms with Crippen LogP contribution in [0.25, 0.3) is 0 Å². The van der Waals surface area contributed by atoms with Gasteiger partial charge in [0.05, 0.1) is 5.75 Å². The van der Waals surface area contributed by atoms with E-state index < -0.39 is 45.2 Å². The number of hydrogen-bond acceptors (Lipinski definition) is 3. The minimum absolute atomic E-state index is 0. The number of hydrogen-bond donors (Lipinski definition) is 2. The van der Waals surface area contributed by atoms with Gasteiger partial charge in [0.15, 0.2) is 11.6 Å². The fourth-order valence-corrected chi connectivity index (χ4v) is 4.79. The highest BCUT2D eigenvalue weighted by molar-refractivity contribution is 7.85. The first kappa shape index (κ1) is 22.7. The standard InChI is InChI=1S/C19H20F3NO3S.ClH/c20-13-5-1-4-12(10-13)18(14-6-2-7-16(21)19(14)22)15(11-27(24,25)26)17-8-3-9-23-17;/h1-2,4-7,10,15,17-18,23H,3,8-9,11H2,(H,24,25,26);1H/t15-,17+,18+;/m0./s1. The third kappa shape index (κ3) is 5.26. The first-order valence-corrected chi connectivity index (χ1v) is 10.2. The Bertz CT molecular complexity index is 920. The molecule has 2 N–H and O–H groups in total. The highest BCUT2D eigenvalue weighted by Gasteiger charge is 2.38. The van der Waals surface area contributed by atoms with Crippen molar-refractivity contribution in [2.24, 2.45) is 5.92 Å². The Morgan fingerprint density at radius 3 is 2.46 bits per heavy atom. The molecule has 4 nitrogen and oxygen atoms in total. The van der Waals surface area contributed by atoms with Crippen LogP contribution in [0.5, 0.6) is 0 Å². The quantitative estimate of drug-likeness (QED) is 0.675. The summed E-state index contributed by atoms with van der Waals surface area (Å²) < 4.78 is 75.2. The second-order valence-corrected chi connectivity index (χ2v) is 8.29. The average Bonchev–Trinajstić information content (AvgIpc) is 3.11. The third-order valence-electron chi connectivity index (χ3n) is 4.97. The summed E-state index contributed by atoms with van der Waals surface area (Å²) in [5.41, 5.74) is 0.254. The van der Waals surface area contributed by atoms with Crippen LogP contribution in [0.1, 0.15) is 29.9 Å². The van der Waals surface area contributed by atoms with E-state index >= 15 is 0 Å². The Kier molecular flexibility index (Phi) is 7.50. The van der Waals surface area contributed by atoms with Crippen LogP contribution in [0, 0.1) is 23.4 Å². The lowest BCUT2D eigenvalue weighted by Gasteiger charge is -2.32. The molecule has 1 fully saturated rings. The van der Waals surface area contributed by atoms with Crippen LogP contribution in [-0.2, 0) is 10.1 Å². The van der Waals surface area contributed by atoms with Gasteiger partial charge in [0, 0.05) is 17.9 Å². The van der Waals surface area contributed by atoms with Crippen molar-refractivity contribution in [2.45, 2.75) is 24.8 Å². The average molecular weight is 436 g/mol. The predicted molar refractivity (Wildman–Crippen MR) is 103 cm³/mol. The molecule has 154 valence electrons. The molecule has 2 aromatic carbocycles. The maximum absolute atomic E-state index is 14.6. The summed E-state index contributed by atoms with van der Waals surface area (Å²) in [5, 5.41) is 3.16. The summed E-state index contributed by atoms with van der Waals surface area (Å²) in [7, 11) is -4.40. The lowest BCUT2D eigenvalue weighted by atomic mass is 9.77. The van der Waals surface area contributed by atoms with Crippen molar-refractivity contribution in [2.75, 3.05) is 12.3 Å². The smallest absolute Gasteiger partial charge is 0.265 e. The van der Waals surface area contributed by atoms with Crippen molar-refractivity contribution in [3.63, 3.8) is 0 Å². The Morgan fingerprint density at radius 1 is 1.14 bits per heavy atom. The number of benzene rings is 2. The second-order valence-electron chi connectivity index (χ2n) is 6.79. The summed E-state index contributed by atoms with van der Waals surface area (Å²) in [6, 6.07) is 8.68. The van der Waals surface area contributed by atoms with E-state index in [-0.39, 0.29) is 24.0 Å². The number of nitrogens with one attached hydrogen (secondary N) is 1. The normalized spacial score (nSPS) is 19.1. The first-order chi connectivity index (χ1) is 12.8. The van der Waals surface area contributed by atoms with E-state index in [1.165, 1.54) is 30.3 Å². The third-order valence-corrected chi connectivity index (χ3v) is 5.78. The van der Waals surface area contributed by atoms with Gasteiger partial charge < -0.3 is 5.32 Å². The molecule has 1 heterocycles. The summed E-state index contributed by atoms with van der Waals surface area (Å²) in [4.78, 5) is 0. The van der Waals surface area contributed by atoms with Crippen molar-refractivity contribution in [1.82, 2.24) is 5.32 Å². The zero-order valence-corrected chi connectivity index (χ0v) is 16.4. The maximum Gasteiger partial charge on any atom is 0.265 e. The molecule has 1 aliphatic heterocycles. The molecule has 0 aromatic heterocycles. The fraction of sp³-hybridized carbons (Fsp3) is 0.368. The molecule has 9 heteroatoms. The van der Waals surface area contributed by atoms with Gasteiger partial charge >= 0.3 is 0 Å². The summed E-state index contributed by atoms with van der Waals surface area (Å²) in [6.07, 6.45) is 1.40. The first-order valence-electron chi connectivity index (χ1n) is 8.64. The molecular weight excluding hydrogens is 415 g/mol. The Balaban J connectivity index is 0.00000280. The predicted octanol–water partition coefficient (Wildman–Crippen LogP) is 3.91. The van der Waals surface area contributed by atoms with E-state index in [2.05, 4.69) is 5.32 Å². The topological polar surface area (TPSA) is 66.4 Å². The molecule has 0 radical (unpaired) electrons. The largest absolute Gasteiger partial charge is 0.314 e. The molecule has 0 spiro atoms. The SMILES string of the molecule is Cl.O=S(=O)(O)C[C@H]([C@H](c1cccc(F)c1)c1cccc(F)c1F)[C@H]1CCCN1. The number of rotatable bonds is 6. The zero-order valence-electron chi connectivity index (χ0n) is 14.8. The van der Waals surface area contributed by atoms with E-state index in [9.17, 15) is 26.1 Å². The molecular formula is C19H21ClF3NO3S. The van der Waals surface area contributed by atoms with Gasteiger partial charge in [-0.15, -0.1) is 12.4 Å². The van der Waals surface area contributed by atoms with Crippen molar-refractivity contribution >= 4 is 22.5 Å². The van der Waals surface area contributed by atoms with Crippen LogP contribution in [0.15, 0.2) is 42.5 Å². The minimum atomic E-state index is -4.40. The Hall–Kier alpha value is -1.61. The van der Waals surface area contributed by atoms with Crippen LogP contribution in [0.3, 0.4) is 0 Å². The Morgan fingerprint density at radius 2 is 1.86 bits per heavy atom. The summed E-state index contributed by atoms with van der Waals surface area (Å²) in [6.45, 7) is 0.647. The van der Waals surface area contributed by atoms with Gasteiger partial charge in [0.1, 0.15) is 5.82 Å². The summed E-state index contributed by atoms with van der Waals surface area (Å²) >= 11 is 0. The molecule has 0 amide bonds. The molecule has 1 aliphatic rings. The molecule has 28 heavy (non-hydrogen) atoms. The lowest BCUT2D eigenvalue weighted by molar-refractivity contribution is 0.360. The van der Waals surface area contributed by atoms with E-state index in [0.717, 1.165) is 12.5 Å². The van der Waals surface area contributed by atoms with Gasteiger partial charge in [-0.3, -0.25) is 4.55 Å². The van der Waals surface area contributed by atoms with Gasteiger partial charge in [-0.2, -0.15) is 8.42 Å². The fourth-order valence-electron chi connectivity index (χ4n) is 3.88. The van der Waals surface area contributed by atoms with Gasteiger partial charge in [-0.1, -0.05) is 24.3 Å². The van der Waals surface area contributed by atoms with Gasteiger partial charge in [-0.25, -0.2) is 13.2 Å². The van der Waals surface area contributed by atoms with Crippen molar-refractivity contribution in [1.29, 1.82) is 0 Å². The lowest BCUT2D eigenvalue weighted by Crippen LogP contribution is -2.39. The molecule has 0 bridgehead atoms. The monoisotopic (exact) mass is 435 g/mol. The minimum Gasteiger partial charge on any atom is -0.314 e. The van der Waals surface area contributed by atoms with Gasteiger partial charge in [0.25, 0.3) is 10.1 Å². The molecule has 0 aliphatic carbocycles. The number of halogens is 4. The maximum atomic E-state index is 14.6. The van der Waals surface area contributed by atoms with Crippen LogP contribution in [0.4, 0.5) is 13.2 Å². The zero-order chi connectivity index (χ0) is 19.6. The second kappa shape index (κ2) is 9.26. The molecule has 1 saturated heterocycles. The molecule has 2 aromatic rings. The molecule has 3 rings (SSSR count). The van der Waals surface area contributed by atoms with Gasteiger partial charge in [-0.05, 0) is 48.7 Å². The van der Waals surface area contributed by atoms with Crippen LogP contribution >= 0.6 is 12.4 Å². The van der Waals surface area contributed by atoms with E-state index in [4.69, 9.17) is 0 Å². The Labute approximate surface area is 168 Å². The van der Waals surface area contributed by atoms with Crippen LogP contribution in [0.2, 0.25) is 0 Å². The van der Waals surface area contributed by atoms with Crippen molar-refractivity contribution in [3.8, 4) is 0 Å². The van der Waals surface area contributed by atoms with E-state index in [1.807, 2.05) is 0 Å². The highest BCUT2D eigenvalue weighted by atomic mass is 35.5. The van der Waals surface area contributed by atoms with Crippen LogP contribution in [-0.4, -0.2) is 31.3 Å². The van der Waals surface area contributed by atoms with Crippen molar-refractivity contribution < 1.29 is 26.1 Å². The van der Waals surface area contributed by atoms with E-state index in [1.54, 1.807) is 6.07 Å². The molecule has 3 atom stereocenters. The molecule has 0 unspecified atom stereocenters. The summed E-state index contributed by atoms with van der Waals surface area (Å²) in [5.74, 6) is -5.15. The highest BCUT2D eigenvalue weighted by Crippen LogP contribution is 2.39.